The molecule has 0 aromatic heterocycles. The van der Waals surface area contributed by atoms with E-state index in [2.05, 4.69) is 5.32 Å². The highest BCUT2D eigenvalue weighted by atomic mass is 16.6. The third-order valence-electron chi connectivity index (χ3n) is 2.57. The summed E-state index contributed by atoms with van der Waals surface area (Å²) in [5.41, 5.74) is -0.555. The van der Waals surface area contributed by atoms with E-state index < -0.39 is 17.6 Å². The van der Waals surface area contributed by atoms with E-state index in [1.54, 1.807) is 34.7 Å². The number of likely N-dealkylation sites (N-methyl/N-ethyl adjacent to an activating group) is 1. The first-order valence-corrected chi connectivity index (χ1v) is 6.83. The van der Waals surface area contributed by atoms with E-state index in [-0.39, 0.29) is 24.7 Å². The van der Waals surface area contributed by atoms with Gasteiger partial charge in [-0.15, -0.1) is 0 Å². The average Bonchev–Trinajstić information content (AvgIpc) is 2.32. The Labute approximate surface area is 120 Å². The molecule has 6 heteroatoms. The van der Waals surface area contributed by atoms with Gasteiger partial charge in [0.2, 0.25) is 11.8 Å². The van der Waals surface area contributed by atoms with Gasteiger partial charge in [0.05, 0.1) is 6.42 Å². The Morgan fingerprint density at radius 2 is 1.75 bits per heavy atom. The highest BCUT2D eigenvalue weighted by molar-refractivity contribution is 5.88. The van der Waals surface area contributed by atoms with Crippen LogP contribution in [-0.2, 0) is 19.1 Å². The summed E-state index contributed by atoms with van der Waals surface area (Å²) in [6.07, 6.45) is 0.0238. The first-order chi connectivity index (χ1) is 9.06. The first-order valence-electron chi connectivity index (χ1n) is 6.83. The van der Waals surface area contributed by atoms with Gasteiger partial charge in [0.1, 0.15) is 11.6 Å². The molecule has 0 heterocycles. The molecule has 0 bridgehead atoms. The van der Waals surface area contributed by atoms with Crippen LogP contribution in [0.2, 0.25) is 0 Å². The molecular formula is C14H26N2O4. The number of hydrogen-bond acceptors (Lipinski definition) is 4. The molecule has 6 nitrogen and oxygen atoms in total. The van der Waals surface area contributed by atoms with Crippen LogP contribution in [0.5, 0.6) is 0 Å². The summed E-state index contributed by atoms with van der Waals surface area (Å²) < 4.78 is 5.10. The molecule has 0 aliphatic heterocycles. The molecule has 116 valence electrons. The molecule has 0 aromatic carbocycles. The van der Waals surface area contributed by atoms with Crippen molar-refractivity contribution in [3.05, 3.63) is 0 Å². The molecule has 2 amide bonds. The van der Waals surface area contributed by atoms with Crippen LogP contribution in [0.15, 0.2) is 0 Å². The van der Waals surface area contributed by atoms with Crippen LogP contribution < -0.4 is 5.32 Å². The second kappa shape index (κ2) is 7.87. The number of carbonyl (C=O) groups is 3. The lowest BCUT2D eigenvalue weighted by Crippen LogP contribution is -2.45. The molecule has 0 spiro atoms. The van der Waals surface area contributed by atoms with Crippen LogP contribution in [0, 0.1) is 0 Å². The third-order valence-corrected chi connectivity index (χ3v) is 2.57. The fourth-order valence-electron chi connectivity index (χ4n) is 1.47. The van der Waals surface area contributed by atoms with Gasteiger partial charge < -0.3 is 15.0 Å². The lowest BCUT2D eigenvalue weighted by Gasteiger charge is -2.21. The fourth-order valence-corrected chi connectivity index (χ4v) is 1.47. The van der Waals surface area contributed by atoms with Crippen LogP contribution in [0.4, 0.5) is 0 Å². The van der Waals surface area contributed by atoms with Gasteiger partial charge in [-0.1, -0.05) is 0 Å². The van der Waals surface area contributed by atoms with Gasteiger partial charge in [-0.3, -0.25) is 14.4 Å². The minimum absolute atomic E-state index is 0.00757. The topological polar surface area (TPSA) is 75.7 Å². The number of nitrogens with one attached hydrogen (secondary N) is 1. The maximum Gasteiger partial charge on any atom is 0.306 e. The molecule has 0 aliphatic rings. The standard InChI is InChI=1S/C14H26N2O4/c1-7-16(6)13(19)10(2)15-11(17)8-9-12(18)20-14(3,4)5/h10H,7-9H2,1-6H3,(H,15,17). The Morgan fingerprint density at radius 1 is 1.20 bits per heavy atom. The van der Waals surface area contributed by atoms with Crippen molar-refractivity contribution >= 4 is 17.8 Å². The second-order valence-corrected chi connectivity index (χ2v) is 5.73. The molecule has 0 radical (unpaired) electrons. The largest absolute Gasteiger partial charge is 0.460 e. The normalized spacial score (nSPS) is 12.5. The summed E-state index contributed by atoms with van der Waals surface area (Å²) in [7, 11) is 1.67. The molecule has 0 rings (SSSR count). The second-order valence-electron chi connectivity index (χ2n) is 5.73. The minimum Gasteiger partial charge on any atom is -0.460 e. The summed E-state index contributed by atoms with van der Waals surface area (Å²) in [5.74, 6) is -0.906. The zero-order valence-corrected chi connectivity index (χ0v) is 13.3. The van der Waals surface area contributed by atoms with Crippen molar-refractivity contribution < 1.29 is 19.1 Å². The molecule has 1 N–H and O–H groups in total. The fraction of sp³-hybridized carbons (Fsp3) is 0.786. The maximum absolute atomic E-state index is 11.8. The van der Waals surface area contributed by atoms with Crippen LogP contribution in [0.3, 0.4) is 0 Å². The Balaban J connectivity index is 4.12. The zero-order chi connectivity index (χ0) is 15.9. The quantitative estimate of drug-likeness (QED) is 0.742. The van der Waals surface area contributed by atoms with Crippen LogP contribution in [0.25, 0.3) is 0 Å². The van der Waals surface area contributed by atoms with Crippen molar-refractivity contribution in [3.8, 4) is 0 Å². The molecule has 20 heavy (non-hydrogen) atoms. The number of rotatable bonds is 6. The Bertz CT molecular complexity index is 361. The van der Waals surface area contributed by atoms with Crippen LogP contribution >= 0.6 is 0 Å². The average molecular weight is 286 g/mol. The summed E-state index contributed by atoms with van der Waals surface area (Å²) in [6, 6.07) is -0.592. The monoisotopic (exact) mass is 286 g/mol. The van der Waals surface area contributed by atoms with E-state index >= 15 is 0 Å². The molecule has 0 aromatic rings. The molecule has 0 fully saturated rings. The Kier molecular flexibility index (Phi) is 7.24. The van der Waals surface area contributed by atoms with Gasteiger partial charge in [0.25, 0.3) is 0 Å². The van der Waals surface area contributed by atoms with E-state index in [0.717, 1.165) is 0 Å². The summed E-state index contributed by atoms with van der Waals surface area (Å²) in [4.78, 5) is 36.4. The van der Waals surface area contributed by atoms with Gasteiger partial charge in [0.15, 0.2) is 0 Å². The molecule has 1 unspecified atom stereocenters. The maximum atomic E-state index is 11.8. The van der Waals surface area contributed by atoms with Gasteiger partial charge in [-0.05, 0) is 34.6 Å². The predicted octanol–water partition coefficient (Wildman–Crippen LogP) is 1.09. The minimum atomic E-state index is -0.592. The van der Waals surface area contributed by atoms with Gasteiger partial charge in [0, 0.05) is 20.0 Å². The third kappa shape index (κ3) is 7.76. The molecular weight excluding hydrogens is 260 g/mol. The predicted molar refractivity (Wildman–Crippen MR) is 76.0 cm³/mol. The summed E-state index contributed by atoms with van der Waals surface area (Å²) in [5, 5.41) is 2.58. The van der Waals surface area contributed by atoms with Crippen molar-refractivity contribution in [2.24, 2.45) is 0 Å². The molecule has 0 saturated carbocycles. The van der Waals surface area contributed by atoms with E-state index in [0.29, 0.717) is 6.54 Å². The molecule has 0 saturated heterocycles. The van der Waals surface area contributed by atoms with E-state index in [4.69, 9.17) is 4.74 Å². The van der Waals surface area contributed by atoms with E-state index in [1.807, 2.05) is 6.92 Å². The first kappa shape index (κ1) is 18.4. The Morgan fingerprint density at radius 3 is 2.20 bits per heavy atom. The lowest BCUT2D eigenvalue weighted by atomic mass is 10.2. The summed E-state index contributed by atoms with van der Waals surface area (Å²) >= 11 is 0. The number of hydrogen-bond donors (Lipinski definition) is 1. The van der Waals surface area contributed by atoms with Crippen LogP contribution in [-0.4, -0.2) is 47.9 Å². The van der Waals surface area contributed by atoms with Crippen molar-refractivity contribution in [2.75, 3.05) is 13.6 Å². The van der Waals surface area contributed by atoms with Gasteiger partial charge >= 0.3 is 5.97 Å². The van der Waals surface area contributed by atoms with Gasteiger partial charge in [-0.25, -0.2) is 0 Å². The SMILES string of the molecule is CCN(C)C(=O)C(C)NC(=O)CCC(=O)OC(C)(C)C. The number of amides is 2. The highest BCUT2D eigenvalue weighted by Crippen LogP contribution is 2.09. The highest BCUT2D eigenvalue weighted by Gasteiger charge is 2.20. The number of esters is 1. The van der Waals surface area contributed by atoms with Crippen LogP contribution in [0.1, 0.15) is 47.5 Å². The summed E-state index contributed by atoms with van der Waals surface area (Å²) in [6.45, 7) is 9.37. The van der Waals surface area contributed by atoms with Crippen molar-refractivity contribution in [2.45, 2.75) is 59.1 Å². The number of ether oxygens (including phenoxy) is 1. The van der Waals surface area contributed by atoms with Crippen molar-refractivity contribution in [3.63, 3.8) is 0 Å². The van der Waals surface area contributed by atoms with E-state index in [9.17, 15) is 14.4 Å². The molecule has 1 atom stereocenters. The number of carbonyl (C=O) groups excluding carboxylic acids is 3. The molecule has 0 aliphatic carbocycles. The van der Waals surface area contributed by atoms with Gasteiger partial charge in [-0.2, -0.15) is 0 Å². The number of nitrogens with zero attached hydrogens (tertiary/aromatic N) is 1. The van der Waals surface area contributed by atoms with Crippen molar-refractivity contribution in [1.29, 1.82) is 0 Å². The van der Waals surface area contributed by atoms with Crippen molar-refractivity contribution in [1.82, 2.24) is 10.2 Å². The van der Waals surface area contributed by atoms with E-state index in [1.165, 1.54) is 4.90 Å². The zero-order valence-electron chi connectivity index (χ0n) is 13.3. The Hall–Kier alpha value is -1.59. The smallest absolute Gasteiger partial charge is 0.306 e. The lowest BCUT2D eigenvalue weighted by molar-refractivity contribution is -0.155.